The summed E-state index contributed by atoms with van der Waals surface area (Å²) in [7, 11) is 0. The molecule has 5 nitrogen and oxygen atoms in total. The molecule has 2 N–H and O–H groups in total. The zero-order chi connectivity index (χ0) is 14.7. The predicted molar refractivity (Wildman–Crippen MR) is 78.3 cm³/mol. The van der Waals surface area contributed by atoms with Crippen LogP contribution >= 0.6 is 23.2 Å². The van der Waals surface area contributed by atoms with Gasteiger partial charge in [-0.1, -0.05) is 23.2 Å². The Morgan fingerprint density at radius 2 is 1.90 bits per heavy atom. The molecule has 2 aromatic rings. The Labute approximate surface area is 125 Å². The molecule has 104 valence electrons. The summed E-state index contributed by atoms with van der Waals surface area (Å²) < 4.78 is 5.50. The lowest BCUT2D eigenvalue weighted by Gasteiger charge is -2.09. The predicted octanol–water partition coefficient (Wildman–Crippen LogP) is 4.06. The van der Waals surface area contributed by atoms with Crippen LogP contribution in [0.5, 0.6) is 5.75 Å². The highest BCUT2D eigenvalue weighted by molar-refractivity contribution is 6.42. The van der Waals surface area contributed by atoms with Crippen molar-refractivity contribution in [3.05, 3.63) is 62.1 Å². The van der Waals surface area contributed by atoms with Gasteiger partial charge in [0.2, 0.25) is 0 Å². The van der Waals surface area contributed by atoms with Crippen molar-refractivity contribution in [3.63, 3.8) is 0 Å². The summed E-state index contributed by atoms with van der Waals surface area (Å²) in [5, 5.41) is 11.5. The maximum Gasteiger partial charge on any atom is 0.269 e. The number of nitrogen functional groups attached to an aromatic ring is 1. The van der Waals surface area contributed by atoms with E-state index in [2.05, 4.69) is 0 Å². The van der Waals surface area contributed by atoms with E-state index in [-0.39, 0.29) is 12.3 Å². The van der Waals surface area contributed by atoms with E-state index in [1.807, 2.05) is 0 Å². The minimum Gasteiger partial charge on any atom is -0.489 e. The minimum atomic E-state index is -0.484. The van der Waals surface area contributed by atoms with Gasteiger partial charge in [-0.2, -0.15) is 0 Å². The summed E-state index contributed by atoms with van der Waals surface area (Å²) in [6.45, 7) is 0.103. The molecular weight excluding hydrogens is 303 g/mol. The SMILES string of the molecule is Nc1ccc([N+](=O)[O-])cc1COc1ccc(Cl)c(Cl)c1. The summed E-state index contributed by atoms with van der Waals surface area (Å²) in [4.78, 5) is 10.2. The van der Waals surface area contributed by atoms with Crippen molar-refractivity contribution < 1.29 is 9.66 Å². The van der Waals surface area contributed by atoms with Crippen LogP contribution in [0.1, 0.15) is 5.56 Å². The first kappa shape index (κ1) is 14.4. The van der Waals surface area contributed by atoms with Gasteiger partial charge < -0.3 is 10.5 Å². The van der Waals surface area contributed by atoms with Crippen LogP contribution in [0.2, 0.25) is 10.0 Å². The molecule has 0 aliphatic carbocycles. The van der Waals surface area contributed by atoms with Crippen molar-refractivity contribution in [1.29, 1.82) is 0 Å². The second-order valence-electron chi connectivity index (χ2n) is 4.00. The van der Waals surface area contributed by atoms with E-state index in [0.717, 1.165) is 0 Å². The summed E-state index contributed by atoms with van der Waals surface area (Å²) >= 11 is 11.7. The lowest BCUT2D eigenvalue weighted by molar-refractivity contribution is -0.384. The summed E-state index contributed by atoms with van der Waals surface area (Å²) in [5.74, 6) is 0.505. The average Bonchev–Trinajstić information content (AvgIpc) is 2.41. The van der Waals surface area contributed by atoms with Gasteiger partial charge in [0.1, 0.15) is 12.4 Å². The highest BCUT2D eigenvalue weighted by Crippen LogP contribution is 2.27. The fourth-order valence-corrected chi connectivity index (χ4v) is 1.85. The number of nitrogens with zero attached hydrogens (tertiary/aromatic N) is 1. The maximum atomic E-state index is 10.7. The molecule has 0 aliphatic rings. The largest absolute Gasteiger partial charge is 0.489 e. The molecule has 0 bridgehead atoms. The number of nitro benzene ring substituents is 1. The molecule has 0 fully saturated rings. The van der Waals surface area contributed by atoms with Crippen LogP contribution in [0.4, 0.5) is 11.4 Å². The average molecular weight is 313 g/mol. The van der Waals surface area contributed by atoms with Crippen LogP contribution < -0.4 is 10.5 Å². The summed E-state index contributed by atoms with van der Waals surface area (Å²) in [5.41, 5.74) is 6.68. The Balaban J connectivity index is 2.15. The van der Waals surface area contributed by atoms with E-state index in [4.69, 9.17) is 33.7 Å². The third kappa shape index (κ3) is 3.31. The maximum absolute atomic E-state index is 10.7. The van der Waals surface area contributed by atoms with E-state index in [1.165, 1.54) is 18.2 Å². The lowest BCUT2D eigenvalue weighted by Crippen LogP contribution is -2.01. The Morgan fingerprint density at radius 3 is 2.55 bits per heavy atom. The first-order valence-electron chi connectivity index (χ1n) is 5.58. The molecule has 0 aliphatic heterocycles. The van der Waals surface area contributed by atoms with Crippen LogP contribution in [0, 0.1) is 10.1 Å². The third-order valence-electron chi connectivity index (χ3n) is 2.62. The molecule has 0 heterocycles. The monoisotopic (exact) mass is 312 g/mol. The molecule has 0 spiro atoms. The summed E-state index contributed by atoms with van der Waals surface area (Å²) in [6, 6.07) is 9.03. The highest BCUT2D eigenvalue weighted by atomic mass is 35.5. The summed E-state index contributed by atoms with van der Waals surface area (Å²) in [6.07, 6.45) is 0. The van der Waals surface area contributed by atoms with Gasteiger partial charge in [-0.25, -0.2) is 0 Å². The number of hydrogen-bond acceptors (Lipinski definition) is 4. The molecule has 0 amide bonds. The second kappa shape index (κ2) is 5.98. The van der Waals surface area contributed by atoms with Gasteiger partial charge in [0.15, 0.2) is 0 Å². The van der Waals surface area contributed by atoms with Gasteiger partial charge >= 0.3 is 0 Å². The molecule has 0 aromatic heterocycles. The highest BCUT2D eigenvalue weighted by Gasteiger charge is 2.10. The van der Waals surface area contributed by atoms with Crippen molar-refractivity contribution in [2.45, 2.75) is 6.61 Å². The van der Waals surface area contributed by atoms with E-state index < -0.39 is 4.92 Å². The van der Waals surface area contributed by atoms with Crippen LogP contribution in [0.25, 0.3) is 0 Å². The Morgan fingerprint density at radius 1 is 1.15 bits per heavy atom. The van der Waals surface area contributed by atoms with Crippen molar-refractivity contribution in [2.24, 2.45) is 0 Å². The molecular formula is C13H10Cl2N2O3. The number of rotatable bonds is 4. The van der Waals surface area contributed by atoms with Gasteiger partial charge in [-0.3, -0.25) is 10.1 Å². The molecule has 2 rings (SSSR count). The number of benzene rings is 2. The van der Waals surface area contributed by atoms with Crippen LogP contribution in [0.3, 0.4) is 0 Å². The molecule has 0 atom stereocenters. The van der Waals surface area contributed by atoms with Gasteiger partial charge in [-0.05, 0) is 18.2 Å². The Hall–Kier alpha value is -1.98. The van der Waals surface area contributed by atoms with Crippen LogP contribution in [-0.2, 0) is 6.61 Å². The topological polar surface area (TPSA) is 78.4 Å². The van der Waals surface area contributed by atoms with E-state index in [9.17, 15) is 10.1 Å². The number of ether oxygens (including phenoxy) is 1. The van der Waals surface area contributed by atoms with Gasteiger partial charge in [-0.15, -0.1) is 0 Å². The number of nitro groups is 1. The number of hydrogen-bond donors (Lipinski definition) is 1. The van der Waals surface area contributed by atoms with Crippen molar-refractivity contribution >= 4 is 34.6 Å². The molecule has 7 heteroatoms. The Bertz CT molecular complexity index is 662. The quantitative estimate of drug-likeness (QED) is 0.524. The van der Waals surface area contributed by atoms with Crippen molar-refractivity contribution in [1.82, 2.24) is 0 Å². The zero-order valence-corrected chi connectivity index (χ0v) is 11.7. The second-order valence-corrected chi connectivity index (χ2v) is 4.82. The standard InChI is InChI=1S/C13H10Cl2N2O3/c14-11-3-2-10(6-12(11)15)20-7-8-5-9(17(18)19)1-4-13(8)16/h1-6H,7,16H2. The van der Waals surface area contributed by atoms with Crippen molar-refractivity contribution in [3.8, 4) is 5.75 Å². The molecule has 0 saturated heterocycles. The normalized spacial score (nSPS) is 10.3. The number of nitrogens with two attached hydrogens (primary N) is 1. The van der Waals surface area contributed by atoms with E-state index in [0.29, 0.717) is 27.0 Å². The molecule has 0 saturated carbocycles. The fourth-order valence-electron chi connectivity index (χ4n) is 1.56. The third-order valence-corrected chi connectivity index (χ3v) is 3.36. The lowest BCUT2D eigenvalue weighted by atomic mass is 10.1. The van der Waals surface area contributed by atoms with Crippen LogP contribution in [-0.4, -0.2) is 4.92 Å². The number of halogens is 2. The molecule has 20 heavy (non-hydrogen) atoms. The van der Waals surface area contributed by atoms with Gasteiger partial charge in [0.05, 0.1) is 15.0 Å². The zero-order valence-electron chi connectivity index (χ0n) is 10.2. The molecule has 0 unspecified atom stereocenters. The first-order valence-corrected chi connectivity index (χ1v) is 6.33. The molecule has 2 aromatic carbocycles. The van der Waals surface area contributed by atoms with Crippen molar-refractivity contribution in [2.75, 3.05) is 5.73 Å². The smallest absolute Gasteiger partial charge is 0.269 e. The van der Waals surface area contributed by atoms with Crippen LogP contribution in [0.15, 0.2) is 36.4 Å². The van der Waals surface area contributed by atoms with Gasteiger partial charge in [0.25, 0.3) is 5.69 Å². The molecule has 0 radical (unpaired) electrons. The Kier molecular flexibility index (Phi) is 4.32. The number of non-ortho nitro benzene ring substituents is 1. The number of anilines is 1. The van der Waals surface area contributed by atoms with E-state index in [1.54, 1.807) is 18.2 Å². The fraction of sp³-hybridized carbons (Fsp3) is 0.0769. The minimum absolute atomic E-state index is 0.0352. The first-order chi connectivity index (χ1) is 9.47. The van der Waals surface area contributed by atoms with Gasteiger partial charge in [0, 0.05) is 29.4 Å². The van der Waals surface area contributed by atoms with E-state index >= 15 is 0 Å².